The first-order valence-corrected chi connectivity index (χ1v) is 22.4. The first kappa shape index (κ1) is 56.5. The smallest absolute Gasteiger partial charge is 0.326 e. The number of benzene rings is 3. The van der Waals surface area contributed by atoms with Crippen LogP contribution in [0.2, 0.25) is 0 Å². The van der Waals surface area contributed by atoms with Crippen molar-refractivity contribution in [2.75, 3.05) is 13.2 Å². The number of carbonyl (C=O) groups is 8. The normalized spacial score (nSPS) is 14.4. The fourth-order valence-corrected chi connectivity index (χ4v) is 6.74. The number of carboxylic acids is 1. The predicted molar refractivity (Wildman–Crippen MR) is 256 cm³/mol. The number of aliphatic hydroxyl groups excluding tert-OH is 1. The number of aliphatic hydroxyl groups is 1. The van der Waals surface area contributed by atoms with E-state index in [1.54, 1.807) is 44.2 Å². The molecule has 0 radical (unpaired) electrons. The van der Waals surface area contributed by atoms with Gasteiger partial charge in [-0.05, 0) is 73.6 Å². The molecule has 23 heteroatoms. The number of hydrogen-bond donors (Lipinski definition) is 14. The Morgan fingerprint density at radius 2 is 0.914 bits per heavy atom. The Labute approximate surface area is 404 Å². The van der Waals surface area contributed by atoms with Crippen molar-refractivity contribution < 1.29 is 58.8 Å². The molecule has 17 N–H and O–H groups in total. The highest BCUT2D eigenvalue weighted by Crippen LogP contribution is 2.15. The number of aromatic hydroxyl groups is 2. The molecule has 0 aliphatic rings. The maximum absolute atomic E-state index is 14.6. The average molecular weight is 976 g/mol. The van der Waals surface area contributed by atoms with Crippen LogP contribution in [0.25, 0.3) is 0 Å². The van der Waals surface area contributed by atoms with Gasteiger partial charge in [-0.15, -0.1) is 0 Å². The number of phenolic OH excluding ortho intramolecular Hbond substituents is 2. The van der Waals surface area contributed by atoms with Crippen molar-refractivity contribution in [2.24, 2.45) is 28.1 Å². The van der Waals surface area contributed by atoms with E-state index in [-0.39, 0.29) is 56.1 Å². The largest absolute Gasteiger partial charge is 0.508 e. The van der Waals surface area contributed by atoms with Crippen LogP contribution in [0.15, 0.2) is 83.9 Å². The van der Waals surface area contributed by atoms with Gasteiger partial charge in [0.1, 0.15) is 59.8 Å². The van der Waals surface area contributed by atoms with Gasteiger partial charge in [0.2, 0.25) is 41.4 Å². The first-order valence-electron chi connectivity index (χ1n) is 22.4. The van der Waals surface area contributed by atoms with Gasteiger partial charge < -0.3 is 74.8 Å². The molecule has 0 fully saturated rings. The van der Waals surface area contributed by atoms with Gasteiger partial charge in [0.15, 0.2) is 5.96 Å². The van der Waals surface area contributed by atoms with Crippen molar-refractivity contribution in [2.45, 2.75) is 108 Å². The highest BCUT2D eigenvalue weighted by molar-refractivity contribution is 5.97. The fraction of sp³-hybridized carbons (Fsp3) is 0.426. The lowest BCUT2D eigenvalue weighted by atomic mass is 10.00. The number of carbonyl (C=O) groups excluding carboxylic acids is 7. The zero-order valence-corrected chi connectivity index (χ0v) is 39.4. The molecule has 7 amide bonds. The topological polar surface area (TPSA) is 392 Å². The molecule has 8 atom stereocenters. The van der Waals surface area contributed by atoms with E-state index in [2.05, 4.69) is 42.2 Å². The number of aliphatic imine (C=N–C) groups is 1. The molecule has 0 aliphatic carbocycles. The standard InChI is InChI=1S/C47H65N11O12/c1-25(2)38(46(69)70)58-42(65)34(11-8-20-51-47(49)50)54-43(66)36(22-29-12-16-31(60)17-13-29)56-45(68)37(23-30-14-18-32(61)19-15-30)57-44(67)35(21-28-9-6-5-7-10-28)55-40(63)27(4)52-39(62)26(3)53-41(64)33(48)24-59/h5-7,9-10,12-19,25-27,33-38,59-61H,8,11,20-24,48H2,1-4H3,(H,52,62)(H,53,64)(H,54,66)(H,55,63)(H,56,68)(H,57,67)(H,58,65)(H,69,70)(H4,49,50,51)/t26-,27-,33-,34-,35-,36-,37-,38-/m0/s1. The van der Waals surface area contributed by atoms with Gasteiger partial charge in [-0.1, -0.05) is 68.4 Å². The maximum Gasteiger partial charge on any atom is 0.326 e. The third-order valence-electron chi connectivity index (χ3n) is 10.8. The zero-order chi connectivity index (χ0) is 52.1. The van der Waals surface area contributed by atoms with E-state index in [9.17, 15) is 58.8 Å². The van der Waals surface area contributed by atoms with E-state index in [1.165, 1.54) is 62.4 Å². The van der Waals surface area contributed by atoms with Crippen LogP contribution in [-0.4, -0.2) is 135 Å². The highest BCUT2D eigenvalue weighted by Gasteiger charge is 2.34. The summed E-state index contributed by atoms with van der Waals surface area (Å²) in [6, 6.07) is 9.29. The zero-order valence-electron chi connectivity index (χ0n) is 39.4. The van der Waals surface area contributed by atoms with E-state index in [1.807, 2.05) is 0 Å². The molecule has 70 heavy (non-hydrogen) atoms. The summed E-state index contributed by atoms with van der Waals surface area (Å²) >= 11 is 0. The van der Waals surface area contributed by atoms with Crippen LogP contribution in [0.5, 0.6) is 11.5 Å². The molecule has 0 unspecified atom stereocenters. The SMILES string of the molecule is CC(C)[C@H](NC(=O)[C@H](CCCN=C(N)N)NC(=O)[C@H](Cc1ccc(O)cc1)NC(=O)[C@H](Cc1ccc(O)cc1)NC(=O)[C@H](Cc1ccccc1)NC(=O)[C@H](C)NC(=O)[C@H](C)NC(=O)[C@@H](N)CO)C(=O)O. The quantitative estimate of drug-likeness (QED) is 0.0217. The molecule has 0 saturated carbocycles. The van der Waals surface area contributed by atoms with E-state index in [4.69, 9.17) is 17.2 Å². The van der Waals surface area contributed by atoms with E-state index >= 15 is 0 Å². The maximum atomic E-state index is 14.6. The van der Waals surface area contributed by atoms with Crippen LogP contribution >= 0.6 is 0 Å². The third-order valence-corrected chi connectivity index (χ3v) is 10.8. The summed E-state index contributed by atoms with van der Waals surface area (Å²) in [5.41, 5.74) is 17.9. The van der Waals surface area contributed by atoms with Crippen molar-refractivity contribution >= 4 is 53.3 Å². The Balaban J connectivity index is 1.99. The van der Waals surface area contributed by atoms with Crippen molar-refractivity contribution in [3.8, 4) is 11.5 Å². The predicted octanol–water partition coefficient (Wildman–Crippen LogP) is -2.33. The molecule has 0 aromatic heterocycles. The molecule has 3 rings (SSSR count). The number of nitrogens with zero attached hydrogens (tertiary/aromatic N) is 1. The molecule has 0 spiro atoms. The molecule has 0 bridgehead atoms. The highest BCUT2D eigenvalue weighted by atomic mass is 16.4. The fourth-order valence-electron chi connectivity index (χ4n) is 6.74. The summed E-state index contributed by atoms with van der Waals surface area (Å²) in [7, 11) is 0. The minimum absolute atomic E-state index is 0.0562. The number of rotatable bonds is 27. The summed E-state index contributed by atoms with van der Waals surface area (Å²) < 4.78 is 0. The van der Waals surface area contributed by atoms with Crippen LogP contribution in [0.3, 0.4) is 0 Å². The van der Waals surface area contributed by atoms with E-state index in [0.29, 0.717) is 16.7 Å². The number of hydrogen-bond acceptors (Lipinski definition) is 13. The van der Waals surface area contributed by atoms with Gasteiger partial charge in [-0.3, -0.25) is 38.6 Å². The summed E-state index contributed by atoms with van der Waals surface area (Å²) in [4.78, 5) is 112. The molecule has 23 nitrogen and oxygen atoms in total. The number of carboxylic acid groups (broad SMARTS) is 1. The van der Waals surface area contributed by atoms with Crippen LogP contribution < -0.4 is 54.4 Å². The Hall–Kier alpha value is -7.79. The summed E-state index contributed by atoms with van der Waals surface area (Å²) in [5.74, 6) is -8.12. The van der Waals surface area contributed by atoms with Crippen LogP contribution in [-0.2, 0) is 57.6 Å². The lowest BCUT2D eigenvalue weighted by Gasteiger charge is -2.28. The van der Waals surface area contributed by atoms with Crippen molar-refractivity contribution in [1.82, 2.24) is 37.2 Å². The number of amides is 7. The number of guanidine groups is 1. The molecular formula is C47H65N11O12. The monoisotopic (exact) mass is 975 g/mol. The lowest BCUT2D eigenvalue weighted by Crippen LogP contribution is -2.60. The van der Waals surface area contributed by atoms with Gasteiger partial charge >= 0.3 is 5.97 Å². The van der Waals surface area contributed by atoms with Gasteiger partial charge in [-0.25, -0.2) is 4.79 Å². The van der Waals surface area contributed by atoms with E-state index in [0.717, 1.165) is 0 Å². The molecule has 3 aromatic rings. The first-order chi connectivity index (χ1) is 33.1. The summed E-state index contributed by atoms with van der Waals surface area (Å²) in [6.07, 6.45) is -0.430. The second kappa shape index (κ2) is 27.9. The van der Waals surface area contributed by atoms with Gasteiger partial charge in [0.25, 0.3) is 0 Å². The molecule has 0 aliphatic heterocycles. The van der Waals surface area contributed by atoms with Gasteiger partial charge in [0.05, 0.1) is 6.61 Å². The Morgan fingerprint density at radius 1 is 0.529 bits per heavy atom. The molecular weight excluding hydrogens is 911 g/mol. The van der Waals surface area contributed by atoms with Crippen LogP contribution in [0, 0.1) is 5.92 Å². The minimum atomic E-state index is -1.48. The summed E-state index contributed by atoms with van der Waals surface area (Å²) in [6.45, 7) is 5.24. The van der Waals surface area contributed by atoms with E-state index < -0.39 is 108 Å². The van der Waals surface area contributed by atoms with Gasteiger partial charge in [0, 0.05) is 25.8 Å². The van der Waals surface area contributed by atoms with Crippen molar-refractivity contribution in [3.05, 3.63) is 95.6 Å². The number of nitrogens with two attached hydrogens (primary N) is 3. The van der Waals surface area contributed by atoms with Crippen LogP contribution in [0.1, 0.15) is 57.2 Å². The molecule has 3 aromatic carbocycles. The van der Waals surface area contributed by atoms with Crippen molar-refractivity contribution in [1.29, 1.82) is 0 Å². The van der Waals surface area contributed by atoms with Gasteiger partial charge in [-0.2, -0.15) is 0 Å². The number of nitrogens with one attached hydrogen (secondary N) is 7. The number of aliphatic carboxylic acids is 1. The molecule has 0 heterocycles. The van der Waals surface area contributed by atoms with Crippen LogP contribution in [0.4, 0.5) is 0 Å². The number of phenols is 2. The molecule has 0 saturated heterocycles. The molecule has 380 valence electrons. The third kappa shape index (κ3) is 19.1. The Bertz CT molecular complexity index is 2280. The summed E-state index contributed by atoms with van der Waals surface area (Å²) in [5, 5.41) is 56.8. The minimum Gasteiger partial charge on any atom is -0.508 e. The Morgan fingerprint density at radius 3 is 1.33 bits per heavy atom. The van der Waals surface area contributed by atoms with Crippen molar-refractivity contribution in [3.63, 3.8) is 0 Å². The Kier molecular flexibility index (Phi) is 22.5. The second-order valence-corrected chi connectivity index (χ2v) is 16.9. The second-order valence-electron chi connectivity index (χ2n) is 16.9. The average Bonchev–Trinajstić information content (AvgIpc) is 3.31. The lowest BCUT2D eigenvalue weighted by molar-refractivity contribution is -0.143.